The molecule has 0 spiro atoms. The number of methoxy groups -OCH3 is 1. The molecule has 1 rings (SSSR count). The molecular formula is C13H19BF3O2-. The number of rotatable bonds is 7. The second-order valence-corrected chi connectivity index (χ2v) is 4.47. The Labute approximate surface area is 112 Å². The fraction of sp³-hybridized carbons (Fsp3) is 0.538. The Balaban J connectivity index is 2.93. The molecule has 1 aromatic carbocycles. The van der Waals surface area contributed by atoms with Crippen molar-refractivity contribution in [2.45, 2.75) is 26.7 Å². The Kier molecular flexibility index (Phi) is 5.57. The molecule has 6 heteroatoms. The van der Waals surface area contributed by atoms with Crippen molar-refractivity contribution in [2.75, 3.05) is 13.7 Å². The van der Waals surface area contributed by atoms with Crippen LogP contribution in [-0.4, -0.2) is 20.7 Å². The molecule has 0 fully saturated rings. The van der Waals surface area contributed by atoms with Gasteiger partial charge in [0.2, 0.25) is 0 Å². The van der Waals surface area contributed by atoms with Crippen LogP contribution >= 0.6 is 0 Å². The van der Waals surface area contributed by atoms with Crippen LogP contribution < -0.4 is 14.9 Å². The lowest BCUT2D eigenvalue weighted by Crippen LogP contribution is -2.35. The molecule has 108 valence electrons. The van der Waals surface area contributed by atoms with Crippen molar-refractivity contribution in [1.82, 2.24) is 0 Å². The van der Waals surface area contributed by atoms with Gasteiger partial charge in [0, 0.05) is 0 Å². The Hall–Kier alpha value is -1.33. The Bertz CT molecular complexity index is 403. The summed E-state index contributed by atoms with van der Waals surface area (Å²) in [4.78, 5) is 0. The molecule has 0 aliphatic rings. The number of hydrogen-bond acceptors (Lipinski definition) is 2. The molecule has 0 N–H and O–H groups in total. The first-order chi connectivity index (χ1) is 8.92. The molecule has 0 saturated heterocycles. The first-order valence-corrected chi connectivity index (χ1v) is 6.43. The Morgan fingerprint density at radius 3 is 2.26 bits per heavy atom. The molecule has 2 nitrogen and oxygen atoms in total. The summed E-state index contributed by atoms with van der Waals surface area (Å²) in [6.07, 6.45) is 1.78. The summed E-state index contributed by atoms with van der Waals surface area (Å²) in [6.45, 7) is -0.807. The lowest BCUT2D eigenvalue weighted by molar-refractivity contribution is 0.241. The molecule has 0 aliphatic carbocycles. The average molecular weight is 275 g/mol. The highest BCUT2D eigenvalue weighted by Crippen LogP contribution is 2.23. The van der Waals surface area contributed by atoms with Crippen LogP contribution in [0.4, 0.5) is 12.9 Å². The highest BCUT2D eigenvalue weighted by molar-refractivity contribution is 6.74. The predicted octanol–water partition coefficient (Wildman–Crippen LogP) is 3.56. The van der Waals surface area contributed by atoms with Crippen molar-refractivity contribution >= 4 is 12.4 Å². The third-order valence-electron chi connectivity index (χ3n) is 3.20. The van der Waals surface area contributed by atoms with E-state index in [4.69, 9.17) is 9.47 Å². The molecular weight excluding hydrogens is 256 g/mol. The minimum atomic E-state index is -5.11. The van der Waals surface area contributed by atoms with Gasteiger partial charge in [0.1, 0.15) is 5.75 Å². The molecule has 0 heterocycles. The van der Waals surface area contributed by atoms with Crippen molar-refractivity contribution in [3.05, 3.63) is 18.2 Å². The normalized spacial score (nSPS) is 11.7. The van der Waals surface area contributed by atoms with E-state index >= 15 is 0 Å². The van der Waals surface area contributed by atoms with E-state index < -0.39 is 12.4 Å². The van der Waals surface area contributed by atoms with Gasteiger partial charge in [-0.1, -0.05) is 32.2 Å². The van der Waals surface area contributed by atoms with Gasteiger partial charge in [-0.2, -0.15) is 0 Å². The first kappa shape index (κ1) is 15.7. The molecule has 0 saturated carbocycles. The van der Waals surface area contributed by atoms with E-state index in [-0.39, 0.29) is 17.4 Å². The second kappa shape index (κ2) is 6.73. The lowest BCUT2D eigenvalue weighted by atomic mass is 9.79. The molecule has 0 aliphatic heterocycles. The molecule has 0 atom stereocenters. The summed E-state index contributed by atoms with van der Waals surface area (Å²) in [5.41, 5.74) is -0.731. The van der Waals surface area contributed by atoms with E-state index in [1.807, 2.05) is 13.8 Å². The van der Waals surface area contributed by atoms with Gasteiger partial charge in [0.25, 0.3) is 0 Å². The summed E-state index contributed by atoms with van der Waals surface area (Å²) in [5.74, 6) is 0.347. The maximum atomic E-state index is 13.0. The molecule has 0 bridgehead atoms. The minimum absolute atomic E-state index is 0.111. The van der Waals surface area contributed by atoms with Gasteiger partial charge in [0.05, 0.1) is 19.5 Å². The largest absolute Gasteiger partial charge is 0.513 e. The molecule has 0 amide bonds. The van der Waals surface area contributed by atoms with Gasteiger partial charge in [-0.05, 0) is 24.1 Å². The number of ether oxygens (including phenoxy) is 2. The number of halogens is 3. The van der Waals surface area contributed by atoms with Gasteiger partial charge in [-0.15, -0.1) is 0 Å². The Morgan fingerprint density at radius 1 is 1.16 bits per heavy atom. The summed E-state index contributed by atoms with van der Waals surface area (Å²) >= 11 is 0. The van der Waals surface area contributed by atoms with Crippen LogP contribution in [0.25, 0.3) is 0 Å². The van der Waals surface area contributed by atoms with Crippen LogP contribution in [0.15, 0.2) is 18.2 Å². The van der Waals surface area contributed by atoms with E-state index in [0.29, 0.717) is 6.61 Å². The van der Waals surface area contributed by atoms with Gasteiger partial charge < -0.3 is 22.4 Å². The minimum Gasteiger partial charge on any atom is -0.497 e. The molecule has 0 aromatic heterocycles. The van der Waals surface area contributed by atoms with E-state index in [1.165, 1.54) is 19.2 Å². The topological polar surface area (TPSA) is 18.5 Å². The third-order valence-corrected chi connectivity index (χ3v) is 3.20. The van der Waals surface area contributed by atoms with Crippen LogP contribution in [0.1, 0.15) is 26.7 Å². The molecule has 0 radical (unpaired) electrons. The lowest BCUT2D eigenvalue weighted by Gasteiger charge is -2.22. The summed E-state index contributed by atoms with van der Waals surface area (Å²) in [6, 6.07) is 3.79. The molecule has 19 heavy (non-hydrogen) atoms. The van der Waals surface area contributed by atoms with Crippen LogP contribution in [-0.2, 0) is 0 Å². The maximum Gasteiger partial charge on any atom is 0.513 e. The fourth-order valence-electron chi connectivity index (χ4n) is 1.77. The maximum absolute atomic E-state index is 13.0. The van der Waals surface area contributed by atoms with Gasteiger partial charge >= 0.3 is 6.98 Å². The highest BCUT2D eigenvalue weighted by atomic mass is 19.4. The van der Waals surface area contributed by atoms with Gasteiger partial charge in [-0.25, -0.2) is 0 Å². The molecule has 0 unspecified atom stereocenters. The second-order valence-electron chi connectivity index (χ2n) is 4.47. The number of hydrogen-bond donors (Lipinski definition) is 0. The Morgan fingerprint density at radius 2 is 1.79 bits per heavy atom. The SMILES string of the molecule is CCC(CC)COc1ccc(OC)cc1[B-](F)(F)F. The summed E-state index contributed by atoms with van der Waals surface area (Å²) in [5, 5.41) is 0. The third kappa shape index (κ3) is 4.37. The summed E-state index contributed by atoms with van der Waals surface area (Å²) < 4.78 is 49.1. The summed E-state index contributed by atoms with van der Waals surface area (Å²) in [7, 11) is 1.34. The smallest absolute Gasteiger partial charge is 0.497 e. The van der Waals surface area contributed by atoms with Crippen LogP contribution in [0, 0.1) is 5.92 Å². The van der Waals surface area contributed by atoms with Crippen LogP contribution in [0.2, 0.25) is 0 Å². The van der Waals surface area contributed by atoms with Crippen molar-refractivity contribution in [3.63, 3.8) is 0 Å². The van der Waals surface area contributed by atoms with Crippen molar-refractivity contribution in [2.24, 2.45) is 5.92 Å². The van der Waals surface area contributed by atoms with Crippen LogP contribution in [0.3, 0.4) is 0 Å². The van der Waals surface area contributed by atoms with Crippen molar-refractivity contribution in [1.29, 1.82) is 0 Å². The highest BCUT2D eigenvalue weighted by Gasteiger charge is 2.30. The predicted molar refractivity (Wildman–Crippen MR) is 71.3 cm³/mol. The standard InChI is InChI=1S/C13H19BF3O2/c1-4-10(5-2)9-19-13-7-6-11(18-3)8-12(13)14(15,16)17/h6-8,10H,4-5,9H2,1-3H3/q-1. The van der Waals surface area contributed by atoms with E-state index in [0.717, 1.165) is 18.9 Å². The van der Waals surface area contributed by atoms with E-state index in [9.17, 15) is 12.9 Å². The zero-order valence-electron chi connectivity index (χ0n) is 11.5. The van der Waals surface area contributed by atoms with Crippen LogP contribution in [0.5, 0.6) is 11.5 Å². The monoisotopic (exact) mass is 275 g/mol. The van der Waals surface area contributed by atoms with Crippen molar-refractivity contribution < 1.29 is 22.4 Å². The fourth-order valence-corrected chi connectivity index (χ4v) is 1.77. The van der Waals surface area contributed by atoms with E-state index in [1.54, 1.807) is 0 Å². The quantitative estimate of drug-likeness (QED) is 0.708. The first-order valence-electron chi connectivity index (χ1n) is 6.43. The zero-order chi connectivity index (χ0) is 14.5. The van der Waals surface area contributed by atoms with Gasteiger partial charge in [0.15, 0.2) is 0 Å². The average Bonchev–Trinajstić information content (AvgIpc) is 2.39. The zero-order valence-corrected chi connectivity index (χ0v) is 11.5. The van der Waals surface area contributed by atoms with E-state index in [2.05, 4.69) is 0 Å². The number of benzene rings is 1. The molecule has 1 aromatic rings. The van der Waals surface area contributed by atoms with Crippen molar-refractivity contribution in [3.8, 4) is 11.5 Å². The van der Waals surface area contributed by atoms with Gasteiger partial charge in [-0.3, -0.25) is 0 Å².